The van der Waals surface area contributed by atoms with Gasteiger partial charge in [0.05, 0.1) is 0 Å². The number of nitrogens with two attached hydrogens (primary N) is 2. The highest BCUT2D eigenvalue weighted by Gasteiger charge is 2.06. The minimum absolute atomic E-state index is 0. The molecule has 0 atom stereocenters. The second kappa shape index (κ2) is 5.32. The van der Waals surface area contributed by atoms with Gasteiger partial charge in [-0.2, -0.15) is 0 Å². The minimum Gasteiger partial charge on any atom is -0.365 e. The summed E-state index contributed by atoms with van der Waals surface area (Å²) in [5, 5.41) is 6.14. The molecule has 0 aliphatic rings. The molecule has 0 fully saturated rings. The number of rotatable bonds is 2. The van der Waals surface area contributed by atoms with E-state index in [9.17, 15) is 0 Å². The van der Waals surface area contributed by atoms with Crippen molar-refractivity contribution >= 4 is 41.5 Å². The number of guanidine groups is 1. The van der Waals surface area contributed by atoms with Crippen LogP contribution in [-0.2, 0) is 0 Å². The van der Waals surface area contributed by atoms with E-state index in [2.05, 4.69) is 11.8 Å². The van der Waals surface area contributed by atoms with E-state index in [-0.39, 0.29) is 18.4 Å². The molecule has 4 N–H and O–H groups in total. The molecule has 0 heterocycles. The molecule has 0 aliphatic carbocycles. The minimum atomic E-state index is -0.0110. The predicted molar refractivity (Wildman–Crippen MR) is 74.0 cm³/mol. The number of benzene rings is 2. The molecule has 5 heteroatoms. The van der Waals surface area contributed by atoms with Crippen molar-refractivity contribution in [1.29, 1.82) is 0 Å². The van der Waals surface area contributed by atoms with Gasteiger partial charge in [0.2, 0.25) is 5.69 Å². The fourth-order valence-corrected chi connectivity index (χ4v) is 1.53. The Morgan fingerprint density at radius 2 is 1.71 bits per heavy atom. The summed E-state index contributed by atoms with van der Waals surface area (Å²) in [6, 6.07) is 14.0. The Labute approximate surface area is 106 Å². The summed E-state index contributed by atoms with van der Waals surface area (Å²) in [5.41, 5.74) is 11.4. The number of hydrogen-bond acceptors (Lipinski definition) is 1. The fourth-order valence-electron chi connectivity index (χ4n) is 1.53. The van der Waals surface area contributed by atoms with Gasteiger partial charge < -0.3 is 11.5 Å². The third-order valence-electron chi connectivity index (χ3n) is 2.27. The van der Waals surface area contributed by atoms with Gasteiger partial charge in [0.25, 0.3) is 5.96 Å². The van der Waals surface area contributed by atoms with E-state index in [1.165, 1.54) is 10.1 Å². The molecule has 88 valence electrons. The molecule has 4 nitrogen and oxygen atoms in total. The molecule has 2 aromatic rings. The van der Waals surface area contributed by atoms with E-state index in [0.29, 0.717) is 0 Å². The van der Waals surface area contributed by atoms with Gasteiger partial charge in [0.1, 0.15) is 0 Å². The molecular formula is C12H14ClN4+. The molecule has 0 bridgehead atoms. The van der Waals surface area contributed by atoms with E-state index in [1.54, 1.807) is 0 Å². The Morgan fingerprint density at radius 3 is 2.35 bits per heavy atom. The molecule has 0 aromatic heterocycles. The monoisotopic (exact) mass is 249 g/mol. The topological polar surface area (TPSA) is 67.4 Å². The van der Waals surface area contributed by atoms with Crippen LogP contribution in [0.15, 0.2) is 47.6 Å². The predicted octanol–water partition coefficient (Wildman–Crippen LogP) is 1.79. The van der Waals surface area contributed by atoms with Gasteiger partial charge in [-0.3, -0.25) is 0 Å². The molecule has 17 heavy (non-hydrogen) atoms. The molecular weight excluding hydrogens is 236 g/mol. The van der Waals surface area contributed by atoms with Crippen molar-refractivity contribution in [3.05, 3.63) is 42.5 Å². The molecule has 2 rings (SSSR count). The van der Waals surface area contributed by atoms with Crippen LogP contribution < -0.4 is 11.5 Å². The zero-order valence-electron chi connectivity index (χ0n) is 9.21. The van der Waals surface area contributed by atoms with Gasteiger partial charge in [-0.05, 0) is 16.8 Å². The van der Waals surface area contributed by atoms with Crippen LogP contribution >= 0.6 is 12.4 Å². The molecule has 0 aliphatic heterocycles. The maximum absolute atomic E-state index is 5.29. The SMILES string of the molecule is C=[N+](N=C(N)N)c1ccc2ccccc2c1.Cl. The van der Waals surface area contributed by atoms with Gasteiger partial charge in [-0.15, -0.1) is 12.4 Å². The van der Waals surface area contributed by atoms with Gasteiger partial charge in [0.15, 0.2) is 6.72 Å². The second-order valence-corrected chi connectivity index (χ2v) is 3.46. The zero-order valence-corrected chi connectivity index (χ0v) is 10.0. The van der Waals surface area contributed by atoms with Gasteiger partial charge in [-0.1, -0.05) is 28.9 Å². The first-order valence-corrected chi connectivity index (χ1v) is 4.86. The largest absolute Gasteiger partial charge is 0.365 e. The van der Waals surface area contributed by atoms with Crippen LogP contribution in [0, 0.1) is 0 Å². The number of hydrazone groups is 1. The molecule has 0 saturated heterocycles. The first-order chi connectivity index (χ1) is 7.66. The molecule has 0 radical (unpaired) electrons. The number of halogens is 1. The van der Waals surface area contributed by atoms with Gasteiger partial charge >= 0.3 is 0 Å². The lowest BCUT2D eigenvalue weighted by Crippen LogP contribution is -2.24. The van der Waals surface area contributed by atoms with Crippen LogP contribution in [-0.4, -0.2) is 17.4 Å². The highest BCUT2D eigenvalue weighted by atomic mass is 35.5. The van der Waals surface area contributed by atoms with Crippen molar-refractivity contribution in [3.8, 4) is 0 Å². The summed E-state index contributed by atoms with van der Waals surface area (Å²) in [5.74, 6) is -0.0110. The van der Waals surface area contributed by atoms with Crippen LogP contribution in [0.25, 0.3) is 10.8 Å². The van der Waals surface area contributed by atoms with E-state index < -0.39 is 0 Å². The van der Waals surface area contributed by atoms with Crippen molar-refractivity contribution in [1.82, 2.24) is 0 Å². The van der Waals surface area contributed by atoms with Crippen LogP contribution in [0.5, 0.6) is 0 Å². The molecule has 0 spiro atoms. The Morgan fingerprint density at radius 1 is 1.06 bits per heavy atom. The molecule has 0 amide bonds. The Kier molecular flexibility index (Phi) is 4.06. The summed E-state index contributed by atoms with van der Waals surface area (Å²) >= 11 is 0. The maximum Gasteiger partial charge on any atom is 0.257 e. The first-order valence-electron chi connectivity index (χ1n) is 4.86. The standard InChI is InChI=1S/C12H13N4.ClH/c1-16(15-12(13)14)11-7-6-9-4-2-3-5-10(9)8-11;/h2-8H,1H2,(H4,13,14,15);1H/q+1;. The van der Waals surface area contributed by atoms with Crippen molar-refractivity contribution in [2.75, 3.05) is 0 Å². The number of nitrogens with zero attached hydrogens (tertiary/aromatic N) is 2. The molecule has 2 aromatic carbocycles. The van der Waals surface area contributed by atoms with Crippen molar-refractivity contribution in [2.24, 2.45) is 16.6 Å². The first kappa shape index (κ1) is 13.0. The number of fused-ring (bicyclic) bond motifs is 1. The van der Waals surface area contributed by atoms with Crippen LogP contribution in [0.4, 0.5) is 5.69 Å². The van der Waals surface area contributed by atoms with Crippen LogP contribution in [0.1, 0.15) is 0 Å². The Balaban J connectivity index is 0.00000144. The lowest BCUT2D eigenvalue weighted by Gasteiger charge is -1.97. The number of hydrogen-bond donors (Lipinski definition) is 2. The van der Waals surface area contributed by atoms with E-state index in [0.717, 1.165) is 11.1 Å². The highest BCUT2D eigenvalue weighted by Crippen LogP contribution is 2.20. The Hall–Kier alpha value is -2.07. The van der Waals surface area contributed by atoms with E-state index in [4.69, 9.17) is 11.5 Å². The van der Waals surface area contributed by atoms with Gasteiger partial charge in [-0.25, -0.2) is 0 Å². The van der Waals surface area contributed by atoms with Crippen molar-refractivity contribution in [2.45, 2.75) is 0 Å². The zero-order chi connectivity index (χ0) is 11.5. The summed E-state index contributed by atoms with van der Waals surface area (Å²) < 4.78 is 1.40. The lowest BCUT2D eigenvalue weighted by atomic mass is 10.1. The fraction of sp³-hybridized carbons (Fsp3) is 0. The third kappa shape index (κ3) is 2.95. The summed E-state index contributed by atoms with van der Waals surface area (Å²) in [6.45, 7) is 3.74. The lowest BCUT2D eigenvalue weighted by molar-refractivity contribution is -0.436. The summed E-state index contributed by atoms with van der Waals surface area (Å²) in [6.07, 6.45) is 0. The summed E-state index contributed by atoms with van der Waals surface area (Å²) in [7, 11) is 0. The normalized spacial score (nSPS) is 9.41. The smallest absolute Gasteiger partial charge is 0.257 e. The molecule has 0 saturated carbocycles. The highest BCUT2D eigenvalue weighted by molar-refractivity contribution is 5.85. The summed E-state index contributed by atoms with van der Waals surface area (Å²) in [4.78, 5) is 0. The van der Waals surface area contributed by atoms with E-state index in [1.807, 2.05) is 42.5 Å². The third-order valence-corrected chi connectivity index (χ3v) is 2.27. The van der Waals surface area contributed by atoms with Crippen molar-refractivity contribution in [3.63, 3.8) is 0 Å². The Bertz CT molecular complexity index is 573. The van der Waals surface area contributed by atoms with Crippen LogP contribution in [0.2, 0.25) is 0 Å². The van der Waals surface area contributed by atoms with E-state index >= 15 is 0 Å². The average Bonchev–Trinajstić information content (AvgIpc) is 2.27. The maximum atomic E-state index is 5.29. The molecule has 0 unspecified atom stereocenters. The average molecular weight is 250 g/mol. The van der Waals surface area contributed by atoms with Crippen LogP contribution in [0.3, 0.4) is 0 Å². The van der Waals surface area contributed by atoms with Crippen molar-refractivity contribution < 1.29 is 4.68 Å². The quantitative estimate of drug-likeness (QED) is 0.369. The second-order valence-electron chi connectivity index (χ2n) is 3.46. The van der Waals surface area contributed by atoms with Gasteiger partial charge in [0, 0.05) is 17.2 Å².